The van der Waals surface area contributed by atoms with Gasteiger partial charge in [-0.2, -0.15) is 18.4 Å². The van der Waals surface area contributed by atoms with Gasteiger partial charge in [-0.15, -0.1) is 0 Å². The Kier molecular flexibility index (Phi) is 5.47. The summed E-state index contributed by atoms with van der Waals surface area (Å²) in [6.45, 7) is -0.0325. The lowest BCUT2D eigenvalue weighted by Gasteiger charge is -2.23. The number of furan rings is 1. The lowest BCUT2D eigenvalue weighted by atomic mass is 10.1. The van der Waals surface area contributed by atoms with Crippen molar-refractivity contribution in [1.29, 1.82) is 5.26 Å². The second-order valence-electron chi connectivity index (χ2n) is 6.28. The van der Waals surface area contributed by atoms with Crippen molar-refractivity contribution >= 4 is 32.8 Å². The van der Waals surface area contributed by atoms with Crippen LogP contribution in [0.25, 0.3) is 11.0 Å². The standard InChI is InChI=1S/C20H14BrF3N2O2/c1-12-16-8-15(21)6-7-17(16)28-18(12)19(27)26(11-20(22,23)24)10-14-4-2-13(9-25)3-5-14/h2-8H,10-11H2,1H3. The first-order valence-corrected chi connectivity index (χ1v) is 9.01. The molecule has 4 nitrogen and oxygen atoms in total. The summed E-state index contributed by atoms with van der Waals surface area (Å²) in [6, 6.07) is 13.1. The Labute approximate surface area is 167 Å². The molecule has 144 valence electrons. The number of carbonyl (C=O) groups is 1. The first kappa shape index (κ1) is 20.0. The lowest BCUT2D eigenvalue weighted by molar-refractivity contribution is -0.141. The van der Waals surface area contributed by atoms with E-state index in [2.05, 4.69) is 15.9 Å². The molecule has 0 saturated heterocycles. The monoisotopic (exact) mass is 450 g/mol. The predicted molar refractivity (Wildman–Crippen MR) is 101 cm³/mol. The fourth-order valence-corrected chi connectivity index (χ4v) is 3.22. The molecule has 1 heterocycles. The summed E-state index contributed by atoms with van der Waals surface area (Å²) in [5, 5.41) is 9.50. The van der Waals surface area contributed by atoms with Crippen LogP contribution < -0.4 is 0 Å². The van der Waals surface area contributed by atoms with Crippen LogP contribution in [0.2, 0.25) is 0 Å². The van der Waals surface area contributed by atoms with Gasteiger partial charge in [-0.3, -0.25) is 4.79 Å². The molecule has 1 aromatic heterocycles. The van der Waals surface area contributed by atoms with Crippen molar-refractivity contribution in [3.8, 4) is 6.07 Å². The molecule has 0 unspecified atom stereocenters. The van der Waals surface area contributed by atoms with Crippen LogP contribution in [-0.2, 0) is 6.54 Å². The van der Waals surface area contributed by atoms with Gasteiger partial charge in [0.1, 0.15) is 12.1 Å². The Bertz CT molecular complexity index is 1070. The molecule has 0 fully saturated rings. The van der Waals surface area contributed by atoms with Gasteiger partial charge < -0.3 is 9.32 Å². The van der Waals surface area contributed by atoms with E-state index in [0.717, 1.165) is 4.47 Å². The fraction of sp³-hybridized carbons (Fsp3) is 0.200. The van der Waals surface area contributed by atoms with E-state index < -0.39 is 18.6 Å². The minimum absolute atomic E-state index is 0.119. The Morgan fingerprint density at radius 1 is 1.21 bits per heavy atom. The van der Waals surface area contributed by atoms with E-state index in [0.29, 0.717) is 32.6 Å². The molecule has 0 aliphatic heterocycles. The highest BCUT2D eigenvalue weighted by Gasteiger charge is 2.35. The van der Waals surface area contributed by atoms with Gasteiger partial charge in [0.25, 0.3) is 5.91 Å². The average Bonchev–Trinajstić information content (AvgIpc) is 2.96. The van der Waals surface area contributed by atoms with Gasteiger partial charge >= 0.3 is 6.18 Å². The number of aryl methyl sites for hydroxylation is 1. The molecule has 2 aromatic carbocycles. The van der Waals surface area contributed by atoms with Crippen molar-refractivity contribution in [2.45, 2.75) is 19.6 Å². The third kappa shape index (κ3) is 4.37. The molecule has 28 heavy (non-hydrogen) atoms. The first-order valence-electron chi connectivity index (χ1n) is 8.21. The highest BCUT2D eigenvalue weighted by molar-refractivity contribution is 9.10. The number of nitrogens with zero attached hydrogens (tertiary/aromatic N) is 2. The second-order valence-corrected chi connectivity index (χ2v) is 7.20. The van der Waals surface area contributed by atoms with Crippen molar-refractivity contribution < 1.29 is 22.4 Å². The number of fused-ring (bicyclic) bond motifs is 1. The van der Waals surface area contributed by atoms with Crippen LogP contribution in [0.15, 0.2) is 51.4 Å². The van der Waals surface area contributed by atoms with E-state index in [1.54, 1.807) is 25.1 Å². The maximum atomic E-state index is 13.1. The van der Waals surface area contributed by atoms with Crippen LogP contribution in [0.1, 0.15) is 27.2 Å². The van der Waals surface area contributed by atoms with Crippen LogP contribution >= 0.6 is 15.9 Å². The maximum absolute atomic E-state index is 13.1. The molecule has 0 saturated carbocycles. The van der Waals surface area contributed by atoms with E-state index in [9.17, 15) is 18.0 Å². The van der Waals surface area contributed by atoms with Crippen LogP contribution in [-0.4, -0.2) is 23.5 Å². The highest BCUT2D eigenvalue weighted by atomic mass is 79.9. The summed E-state index contributed by atoms with van der Waals surface area (Å²) in [6.07, 6.45) is -4.56. The number of rotatable bonds is 4. The molecular formula is C20H14BrF3N2O2. The Morgan fingerprint density at radius 2 is 1.89 bits per heavy atom. The van der Waals surface area contributed by atoms with Gasteiger partial charge in [0, 0.05) is 22.0 Å². The third-order valence-electron chi connectivity index (χ3n) is 4.21. The van der Waals surface area contributed by atoms with Crippen molar-refractivity contribution in [2.24, 2.45) is 0 Å². The zero-order valence-electron chi connectivity index (χ0n) is 14.7. The third-order valence-corrected chi connectivity index (χ3v) is 4.70. The van der Waals surface area contributed by atoms with E-state index in [4.69, 9.17) is 9.68 Å². The van der Waals surface area contributed by atoms with E-state index in [-0.39, 0.29) is 12.3 Å². The Hall–Kier alpha value is -2.79. The Balaban J connectivity index is 1.96. The van der Waals surface area contributed by atoms with Gasteiger partial charge in [-0.1, -0.05) is 28.1 Å². The van der Waals surface area contributed by atoms with Crippen LogP contribution in [0.4, 0.5) is 13.2 Å². The molecule has 0 spiro atoms. The minimum Gasteiger partial charge on any atom is -0.451 e. The number of benzene rings is 2. The zero-order valence-corrected chi connectivity index (χ0v) is 16.3. The largest absolute Gasteiger partial charge is 0.451 e. The molecule has 8 heteroatoms. The van der Waals surface area contributed by atoms with Crippen molar-refractivity contribution in [3.63, 3.8) is 0 Å². The van der Waals surface area contributed by atoms with Crippen molar-refractivity contribution in [3.05, 3.63) is 69.4 Å². The summed E-state index contributed by atoms with van der Waals surface area (Å²) in [4.78, 5) is 13.6. The van der Waals surface area contributed by atoms with Crippen LogP contribution in [0, 0.1) is 18.3 Å². The highest BCUT2D eigenvalue weighted by Crippen LogP contribution is 2.30. The van der Waals surface area contributed by atoms with E-state index >= 15 is 0 Å². The maximum Gasteiger partial charge on any atom is 0.406 e. The van der Waals surface area contributed by atoms with E-state index in [1.807, 2.05) is 6.07 Å². The van der Waals surface area contributed by atoms with E-state index in [1.165, 1.54) is 24.3 Å². The molecule has 0 radical (unpaired) electrons. The summed E-state index contributed by atoms with van der Waals surface area (Å²) in [5.74, 6) is -0.961. The quantitative estimate of drug-likeness (QED) is 0.521. The van der Waals surface area contributed by atoms with Crippen LogP contribution in [0.5, 0.6) is 0 Å². The number of nitriles is 1. The number of amides is 1. The second kappa shape index (κ2) is 7.68. The molecule has 0 aliphatic rings. The predicted octanol–water partition coefficient (Wildman–Crippen LogP) is 5.58. The first-order chi connectivity index (χ1) is 13.2. The van der Waals surface area contributed by atoms with Crippen LogP contribution in [0.3, 0.4) is 0 Å². The minimum atomic E-state index is -4.56. The number of carbonyl (C=O) groups excluding carboxylic acids is 1. The number of hydrogen-bond donors (Lipinski definition) is 0. The van der Waals surface area contributed by atoms with Gasteiger partial charge in [0.05, 0.1) is 11.6 Å². The van der Waals surface area contributed by atoms with Gasteiger partial charge in [-0.05, 0) is 42.8 Å². The number of alkyl halides is 3. The number of halogens is 4. The molecule has 3 rings (SSSR count). The molecule has 3 aromatic rings. The lowest BCUT2D eigenvalue weighted by Crippen LogP contribution is -2.38. The topological polar surface area (TPSA) is 57.2 Å². The SMILES string of the molecule is Cc1c(C(=O)N(Cc2ccc(C#N)cc2)CC(F)(F)F)oc2ccc(Br)cc12. The summed E-state index contributed by atoms with van der Waals surface area (Å²) >= 11 is 3.33. The normalized spacial score (nSPS) is 11.4. The van der Waals surface area contributed by atoms with Crippen molar-refractivity contribution in [2.75, 3.05) is 6.54 Å². The fourth-order valence-electron chi connectivity index (χ4n) is 2.86. The molecule has 0 N–H and O–H groups in total. The average molecular weight is 451 g/mol. The van der Waals surface area contributed by atoms with Crippen molar-refractivity contribution in [1.82, 2.24) is 4.90 Å². The smallest absolute Gasteiger partial charge is 0.406 e. The zero-order chi connectivity index (χ0) is 20.5. The molecule has 0 atom stereocenters. The van der Waals surface area contributed by atoms with Gasteiger partial charge in [0.15, 0.2) is 5.76 Å². The summed E-state index contributed by atoms with van der Waals surface area (Å²) in [5.41, 5.74) is 1.77. The molecule has 1 amide bonds. The summed E-state index contributed by atoms with van der Waals surface area (Å²) < 4.78 is 45.6. The molecule has 0 bridgehead atoms. The van der Waals surface area contributed by atoms with Gasteiger partial charge in [-0.25, -0.2) is 0 Å². The Morgan fingerprint density at radius 3 is 2.50 bits per heavy atom. The summed E-state index contributed by atoms with van der Waals surface area (Å²) in [7, 11) is 0. The number of hydrogen-bond acceptors (Lipinski definition) is 3. The van der Waals surface area contributed by atoms with Gasteiger partial charge in [0.2, 0.25) is 0 Å². The molecular weight excluding hydrogens is 437 g/mol. The molecule has 0 aliphatic carbocycles.